The fourth-order valence-corrected chi connectivity index (χ4v) is 1.51. The van der Waals surface area contributed by atoms with Gasteiger partial charge in [-0.25, -0.2) is 0 Å². The molecule has 5 nitrogen and oxygen atoms in total. The second kappa shape index (κ2) is 7.99. The molecule has 0 aromatic heterocycles. The van der Waals surface area contributed by atoms with Crippen LogP contribution in [-0.4, -0.2) is 31.0 Å². The molecule has 2 amide bonds. The lowest BCUT2D eigenvalue weighted by Crippen LogP contribution is -2.42. The first-order valence-electron chi connectivity index (χ1n) is 6.41. The normalized spacial score (nSPS) is 11.3. The van der Waals surface area contributed by atoms with Gasteiger partial charge >= 0.3 is 0 Å². The summed E-state index contributed by atoms with van der Waals surface area (Å²) in [5.74, 6) is 0.0324. The van der Waals surface area contributed by atoms with Crippen LogP contribution in [0.4, 0.5) is 0 Å². The first-order chi connectivity index (χ1) is 9.52. The highest BCUT2D eigenvalue weighted by molar-refractivity contribution is 5.86. The molecule has 0 heterocycles. The van der Waals surface area contributed by atoms with E-state index in [1.165, 1.54) is 0 Å². The van der Waals surface area contributed by atoms with Gasteiger partial charge in [0.25, 0.3) is 5.91 Å². The van der Waals surface area contributed by atoms with Crippen LogP contribution in [0.2, 0.25) is 0 Å². The maximum Gasteiger partial charge on any atom is 0.261 e. The second-order valence-electron chi connectivity index (χ2n) is 4.39. The number of hydrogen-bond donors (Lipinski definition) is 2. The molecule has 0 aliphatic rings. The SMILES string of the molecule is C=CCNC(=O)CNC(=O)C(C)Oc1cccc(C)c1. The average Bonchev–Trinajstić information content (AvgIpc) is 2.42. The second-order valence-corrected chi connectivity index (χ2v) is 4.39. The number of amides is 2. The van der Waals surface area contributed by atoms with E-state index in [0.717, 1.165) is 5.56 Å². The van der Waals surface area contributed by atoms with Crippen LogP contribution in [0.5, 0.6) is 5.75 Å². The molecule has 0 aliphatic heterocycles. The van der Waals surface area contributed by atoms with Gasteiger partial charge in [-0.2, -0.15) is 0 Å². The van der Waals surface area contributed by atoms with E-state index in [1.807, 2.05) is 25.1 Å². The molecule has 0 radical (unpaired) electrons. The highest BCUT2D eigenvalue weighted by atomic mass is 16.5. The zero-order valence-electron chi connectivity index (χ0n) is 11.8. The van der Waals surface area contributed by atoms with Crippen LogP contribution < -0.4 is 15.4 Å². The summed E-state index contributed by atoms with van der Waals surface area (Å²) >= 11 is 0. The van der Waals surface area contributed by atoms with Gasteiger partial charge in [0.2, 0.25) is 5.91 Å². The largest absolute Gasteiger partial charge is 0.481 e. The molecule has 5 heteroatoms. The summed E-state index contributed by atoms with van der Waals surface area (Å²) in [4.78, 5) is 23.1. The number of carbonyl (C=O) groups excluding carboxylic acids is 2. The van der Waals surface area contributed by atoms with Gasteiger partial charge in [0.1, 0.15) is 5.75 Å². The molecule has 0 fully saturated rings. The van der Waals surface area contributed by atoms with Gasteiger partial charge in [0.05, 0.1) is 6.54 Å². The summed E-state index contributed by atoms with van der Waals surface area (Å²) in [7, 11) is 0. The molecule has 1 rings (SSSR count). The maximum absolute atomic E-state index is 11.8. The summed E-state index contributed by atoms with van der Waals surface area (Å²) in [5, 5.41) is 5.09. The third kappa shape index (κ3) is 5.56. The van der Waals surface area contributed by atoms with E-state index >= 15 is 0 Å². The predicted octanol–water partition coefficient (Wildman–Crippen LogP) is 1.18. The minimum Gasteiger partial charge on any atom is -0.481 e. The number of hydrogen-bond acceptors (Lipinski definition) is 3. The van der Waals surface area contributed by atoms with Crippen molar-refractivity contribution in [1.29, 1.82) is 0 Å². The van der Waals surface area contributed by atoms with Crippen molar-refractivity contribution in [2.24, 2.45) is 0 Å². The fraction of sp³-hybridized carbons (Fsp3) is 0.333. The van der Waals surface area contributed by atoms with E-state index in [1.54, 1.807) is 19.1 Å². The predicted molar refractivity (Wildman–Crippen MR) is 77.5 cm³/mol. The molecule has 1 unspecified atom stereocenters. The van der Waals surface area contributed by atoms with Gasteiger partial charge in [0, 0.05) is 6.54 Å². The lowest BCUT2D eigenvalue weighted by atomic mass is 10.2. The van der Waals surface area contributed by atoms with E-state index in [-0.39, 0.29) is 18.4 Å². The van der Waals surface area contributed by atoms with Crippen molar-refractivity contribution in [3.8, 4) is 5.75 Å². The third-order valence-corrected chi connectivity index (χ3v) is 2.54. The Morgan fingerprint density at radius 1 is 1.40 bits per heavy atom. The summed E-state index contributed by atoms with van der Waals surface area (Å²) in [5.41, 5.74) is 1.05. The molecule has 1 atom stereocenters. The average molecular weight is 276 g/mol. The molecule has 1 aromatic rings. The Hall–Kier alpha value is -2.30. The summed E-state index contributed by atoms with van der Waals surface area (Å²) < 4.78 is 5.51. The van der Waals surface area contributed by atoms with Crippen molar-refractivity contribution in [1.82, 2.24) is 10.6 Å². The quantitative estimate of drug-likeness (QED) is 0.735. The van der Waals surface area contributed by atoms with Crippen LogP contribution in [0.25, 0.3) is 0 Å². The van der Waals surface area contributed by atoms with Gasteiger partial charge in [0.15, 0.2) is 6.10 Å². The van der Waals surface area contributed by atoms with Crippen molar-refractivity contribution >= 4 is 11.8 Å². The molecule has 0 saturated carbocycles. The van der Waals surface area contributed by atoms with Crippen LogP contribution in [0, 0.1) is 6.92 Å². The molecular weight excluding hydrogens is 256 g/mol. The fourth-order valence-electron chi connectivity index (χ4n) is 1.51. The van der Waals surface area contributed by atoms with Crippen LogP contribution in [-0.2, 0) is 9.59 Å². The molecule has 2 N–H and O–H groups in total. The zero-order chi connectivity index (χ0) is 15.0. The van der Waals surface area contributed by atoms with Gasteiger partial charge in [-0.1, -0.05) is 18.2 Å². The van der Waals surface area contributed by atoms with E-state index in [4.69, 9.17) is 4.74 Å². The number of ether oxygens (including phenoxy) is 1. The van der Waals surface area contributed by atoms with Gasteiger partial charge < -0.3 is 15.4 Å². The Labute approximate surface area is 119 Å². The number of benzene rings is 1. The van der Waals surface area contributed by atoms with Crippen LogP contribution in [0.1, 0.15) is 12.5 Å². The third-order valence-electron chi connectivity index (χ3n) is 2.54. The summed E-state index contributed by atoms with van der Waals surface area (Å²) in [6.45, 7) is 7.38. The van der Waals surface area contributed by atoms with Gasteiger partial charge in [-0.15, -0.1) is 6.58 Å². The van der Waals surface area contributed by atoms with Crippen molar-refractivity contribution in [3.05, 3.63) is 42.5 Å². The van der Waals surface area contributed by atoms with E-state index in [0.29, 0.717) is 12.3 Å². The Morgan fingerprint density at radius 2 is 2.15 bits per heavy atom. The number of nitrogens with one attached hydrogen (secondary N) is 2. The van der Waals surface area contributed by atoms with E-state index in [2.05, 4.69) is 17.2 Å². The Balaban J connectivity index is 2.39. The molecular formula is C15H20N2O3. The number of aryl methyl sites for hydroxylation is 1. The maximum atomic E-state index is 11.8. The molecule has 1 aromatic carbocycles. The summed E-state index contributed by atoms with van der Waals surface area (Å²) in [6.07, 6.45) is 0.910. The van der Waals surface area contributed by atoms with Crippen molar-refractivity contribution < 1.29 is 14.3 Å². The van der Waals surface area contributed by atoms with Crippen LogP contribution >= 0.6 is 0 Å². The topological polar surface area (TPSA) is 67.4 Å². The minimum absolute atomic E-state index is 0.0752. The number of rotatable bonds is 7. The Kier molecular flexibility index (Phi) is 6.29. The van der Waals surface area contributed by atoms with Crippen molar-refractivity contribution in [2.45, 2.75) is 20.0 Å². The molecule has 0 aliphatic carbocycles. The lowest BCUT2D eigenvalue weighted by Gasteiger charge is -2.14. The molecule has 0 bridgehead atoms. The highest BCUT2D eigenvalue weighted by Crippen LogP contribution is 2.14. The van der Waals surface area contributed by atoms with E-state index < -0.39 is 6.10 Å². The first-order valence-corrected chi connectivity index (χ1v) is 6.41. The minimum atomic E-state index is -0.663. The van der Waals surface area contributed by atoms with Crippen molar-refractivity contribution in [2.75, 3.05) is 13.1 Å². The Morgan fingerprint density at radius 3 is 2.80 bits per heavy atom. The molecule has 108 valence electrons. The van der Waals surface area contributed by atoms with Crippen LogP contribution in [0.15, 0.2) is 36.9 Å². The number of carbonyl (C=O) groups is 2. The Bertz CT molecular complexity index is 486. The molecule has 0 saturated heterocycles. The zero-order valence-corrected chi connectivity index (χ0v) is 11.8. The standard InChI is InChI=1S/C15H20N2O3/c1-4-8-16-14(18)10-17-15(19)12(3)20-13-7-5-6-11(2)9-13/h4-7,9,12H,1,8,10H2,2-3H3,(H,16,18)(H,17,19). The van der Waals surface area contributed by atoms with E-state index in [9.17, 15) is 9.59 Å². The van der Waals surface area contributed by atoms with Gasteiger partial charge in [-0.3, -0.25) is 9.59 Å². The molecule has 20 heavy (non-hydrogen) atoms. The van der Waals surface area contributed by atoms with Gasteiger partial charge in [-0.05, 0) is 31.5 Å². The monoisotopic (exact) mass is 276 g/mol. The van der Waals surface area contributed by atoms with Crippen molar-refractivity contribution in [3.63, 3.8) is 0 Å². The first kappa shape index (κ1) is 15.8. The highest BCUT2D eigenvalue weighted by Gasteiger charge is 2.15. The van der Waals surface area contributed by atoms with Crippen LogP contribution in [0.3, 0.4) is 0 Å². The summed E-state index contributed by atoms with van der Waals surface area (Å²) in [6, 6.07) is 7.44. The lowest BCUT2D eigenvalue weighted by molar-refractivity contribution is -0.130. The smallest absolute Gasteiger partial charge is 0.261 e. The molecule has 0 spiro atoms.